The third kappa shape index (κ3) is 31.9. The zero-order valence-electron chi connectivity index (χ0n) is 72.1. The molecular formula is C89H130N20O14. The molecule has 34 nitrogen and oxygen atoms in total. The van der Waals surface area contributed by atoms with E-state index in [2.05, 4.69) is 74.1 Å². The molecule has 1 unspecified atom stereocenters. The van der Waals surface area contributed by atoms with E-state index in [0.29, 0.717) is 36.0 Å². The Morgan fingerprint density at radius 1 is 0.553 bits per heavy atom. The molecule has 2 fully saturated rings. The number of guanidine groups is 1. The Hall–Kier alpha value is -11.8. The number of fused-ring (bicyclic) bond motifs is 1. The number of nitrogens with two attached hydrogens (primary N) is 4. The van der Waals surface area contributed by atoms with Crippen molar-refractivity contribution in [3.05, 3.63) is 144 Å². The van der Waals surface area contributed by atoms with Crippen LogP contribution in [0.2, 0.25) is 0 Å². The van der Waals surface area contributed by atoms with Crippen LogP contribution in [0.15, 0.2) is 121 Å². The predicted molar refractivity (Wildman–Crippen MR) is 467 cm³/mol. The SMILES string of the molecule is CCC(C)[C@H](NC(=O)[C@H](CCCNC(=N)N)NC(=O)[C@@H]1CCCCNC(=O)CC[C@H](NC(=O)[C@H](Cc2ccccc2)NC(=O)[C@H](Cc2c[nH]c3ccccc23)NC(=O)[C@@H]2CCCN2C(=O)[C@@H](NC(=O)[C@@H](N)Cc2ccccc2)C(C)C)C(=O)N[C@@H](CCCCN)C(=O)N[C@@H](Cc2ccccc2)C(=O)N[C@H](CC(C)C)C(=O)N1)C(=O)N[C@@H](CC(C)C)C(N)=O. The Balaban J connectivity index is 1.21. The second kappa shape index (κ2) is 49.9. The first-order valence-electron chi connectivity index (χ1n) is 43.1. The van der Waals surface area contributed by atoms with Crippen LogP contribution in [0.3, 0.4) is 0 Å². The maximum absolute atomic E-state index is 15.5. The third-order valence-corrected chi connectivity index (χ3v) is 22.1. The number of benzene rings is 4. The van der Waals surface area contributed by atoms with Crippen molar-refractivity contribution in [3.63, 3.8) is 0 Å². The highest BCUT2D eigenvalue weighted by Gasteiger charge is 2.43. The van der Waals surface area contributed by atoms with Gasteiger partial charge in [0.25, 0.3) is 0 Å². The first-order chi connectivity index (χ1) is 58.7. The monoisotopic (exact) mass is 1700 g/mol. The first kappa shape index (κ1) is 98.3. The third-order valence-electron chi connectivity index (χ3n) is 22.1. The number of nitrogens with zero attached hydrogens (tertiary/aromatic N) is 1. The van der Waals surface area contributed by atoms with Gasteiger partial charge in [0.1, 0.15) is 72.5 Å². The lowest BCUT2D eigenvalue weighted by Crippen LogP contribution is -2.61. The molecule has 2 saturated heterocycles. The van der Waals surface area contributed by atoms with Crippen molar-refractivity contribution in [3.8, 4) is 0 Å². The molecule has 4 aromatic carbocycles. The molecule has 0 radical (unpaired) electrons. The molecule has 14 atom stereocenters. The van der Waals surface area contributed by atoms with Crippen LogP contribution in [0.4, 0.5) is 0 Å². The second-order valence-corrected chi connectivity index (χ2v) is 33.4. The van der Waals surface area contributed by atoms with E-state index in [4.69, 9.17) is 28.3 Å². The second-order valence-electron chi connectivity index (χ2n) is 33.4. The summed E-state index contributed by atoms with van der Waals surface area (Å²) >= 11 is 0. The van der Waals surface area contributed by atoms with E-state index in [9.17, 15) is 33.6 Å². The molecular weight excluding hydrogens is 1570 g/mol. The van der Waals surface area contributed by atoms with Crippen LogP contribution >= 0.6 is 0 Å². The van der Waals surface area contributed by atoms with Gasteiger partial charge >= 0.3 is 0 Å². The number of rotatable bonds is 39. The van der Waals surface area contributed by atoms with E-state index < -0.39 is 186 Å². The largest absolute Gasteiger partial charge is 0.370 e. The molecule has 7 rings (SSSR count). The fraction of sp³-hybridized carbons (Fsp3) is 0.539. The molecule has 3 heterocycles. The summed E-state index contributed by atoms with van der Waals surface area (Å²) < 4.78 is 0. The summed E-state index contributed by atoms with van der Waals surface area (Å²) in [6, 6.07) is 16.7. The smallest absolute Gasteiger partial charge is 0.246 e. The number of primary amides is 1. The average Bonchev–Trinajstić information content (AvgIpc) is 1.70. The number of likely N-dealkylation sites (tertiary alicyclic amines) is 1. The van der Waals surface area contributed by atoms with Gasteiger partial charge in [-0.05, 0) is 148 Å². The molecule has 5 aromatic rings. The summed E-state index contributed by atoms with van der Waals surface area (Å²) in [4.78, 5) is 210. The molecule has 1 aromatic heterocycles. The highest BCUT2D eigenvalue weighted by molar-refractivity contribution is 6.01. The van der Waals surface area contributed by atoms with E-state index >= 15 is 33.6 Å². The van der Waals surface area contributed by atoms with Gasteiger partial charge < -0.3 is 102 Å². The maximum Gasteiger partial charge on any atom is 0.246 e. The molecule has 123 heavy (non-hydrogen) atoms. The molecule has 2 aliphatic heterocycles. The van der Waals surface area contributed by atoms with Crippen LogP contribution in [-0.2, 0) is 92.8 Å². The lowest BCUT2D eigenvalue weighted by Gasteiger charge is -2.32. The minimum Gasteiger partial charge on any atom is -0.370 e. The van der Waals surface area contributed by atoms with E-state index in [-0.39, 0.29) is 134 Å². The van der Waals surface area contributed by atoms with Crippen molar-refractivity contribution in [1.29, 1.82) is 5.41 Å². The number of unbranched alkanes of at least 4 members (excludes halogenated alkanes) is 1. The molecule has 0 spiro atoms. The predicted octanol–water partition coefficient (Wildman–Crippen LogP) is 1.84. The number of H-pyrrole nitrogens is 1. The van der Waals surface area contributed by atoms with Gasteiger partial charge in [-0.3, -0.25) is 72.5 Å². The number of carbonyl (C=O) groups is 14. The summed E-state index contributed by atoms with van der Waals surface area (Å²) in [7, 11) is 0. The Morgan fingerprint density at radius 2 is 1.14 bits per heavy atom. The van der Waals surface area contributed by atoms with E-state index in [1.165, 1.54) is 4.90 Å². The van der Waals surface area contributed by atoms with Crippen LogP contribution in [0.5, 0.6) is 0 Å². The molecule has 14 amide bonds. The van der Waals surface area contributed by atoms with Crippen molar-refractivity contribution in [1.82, 2.24) is 79.0 Å². The maximum atomic E-state index is 15.5. The van der Waals surface area contributed by atoms with Crippen LogP contribution in [0.1, 0.15) is 174 Å². The Labute approximate surface area is 720 Å². The number of carbonyl (C=O) groups excluding carboxylic acids is 14. The van der Waals surface area contributed by atoms with Crippen molar-refractivity contribution in [2.75, 3.05) is 26.2 Å². The number of hydrogen-bond donors (Lipinski definition) is 19. The molecule has 2 aliphatic rings. The number of amides is 14. The fourth-order valence-electron chi connectivity index (χ4n) is 15.0. The van der Waals surface area contributed by atoms with Crippen molar-refractivity contribution >= 4 is 99.6 Å². The summed E-state index contributed by atoms with van der Waals surface area (Å²) in [5, 5.41) is 45.0. The number of aromatic amines is 1. The van der Waals surface area contributed by atoms with E-state index in [1.807, 2.05) is 82.3 Å². The topological polar surface area (TPSA) is 542 Å². The molecule has 34 heteroatoms. The van der Waals surface area contributed by atoms with Gasteiger partial charge in [-0.15, -0.1) is 0 Å². The number of aromatic nitrogens is 1. The van der Waals surface area contributed by atoms with Crippen LogP contribution in [0, 0.1) is 29.1 Å². The quantitative estimate of drug-likeness (QED) is 0.0152. The molecule has 0 bridgehead atoms. The highest BCUT2D eigenvalue weighted by Crippen LogP contribution is 2.25. The zero-order valence-corrected chi connectivity index (χ0v) is 72.1. The van der Waals surface area contributed by atoms with Crippen LogP contribution in [-0.4, -0.2) is 203 Å². The Kier molecular flexibility index (Phi) is 39.9. The normalized spacial score (nSPS) is 19.7. The van der Waals surface area contributed by atoms with Gasteiger partial charge in [0.05, 0.1) is 6.04 Å². The molecule has 670 valence electrons. The van der Waals surface area contributed by atoms with Gasteiger partial charge in [0.2, 0.25) is 82.7 Å². The van der Waals surface area contributed by atoms with Gasteiger partial charge in [-0.2, -0.15) is 0 Å². The summed E-state index contributed by atoms with van der Waals surface area (Å²) in [6.45, 7) is 14.8. The van der Waals surface area contributed by atoms with E-state index in [0.717, 1.165) is 16.5 Å². The van der Waals surface area contributed by atoms with Gasteiger partial charge in [-0.25, -0.2) is 0 Å². The highest BCUT2D eigenvalue weighted by atomic mass is 16.2. The summed E-state index contributed by atoms with van der Waals surface area (Å²) in [5.74, 6) is -12.2. The van der Waals surface area contributed by atoms with Crippen LogP contribution < -0.4 is 92.1 Å². The average molecular weight is 1700 g/mol. The molecule has 0 saturated carbocycles. The molecule has 23 N–H and O–H groups in total. The Morgan fingerprint density at radius 3 is 1.77 bits per heavy atom. The van der Waals surface area contributed by atoms with Crippen molar-refractivity contribution in [2.45, 2.75) is 256 Å². The standard InChI is InChI=1S/C89H130N20O14/c1-9-55(8)75(87(122)102-67(76(92)111)45-52(2)3)108-81(116)65(37-25-43-96-89(93)94)99-78(113)64-36-22-24-42-95-73(110)40-39-66(80(115)98-63(35-21-23-41-90)79(114)104-70(49-58-31-17-12-18-32-58)84(119)103-68(46-53(4)5)82(117)100-64)101-83(118)69(48-57-29-15-11-16-30-57)105-85(120)71(50-59-51-97-62-34-20-19-33-60(59)62)106-86(121)72-38-26-44-109(72)88(123)74(54(6)7)107-77(112)61(91)47-56-27-13-10-14-28-56/h10-20,27-34,51-55,61,63-72,74-75,97H,9,21-26,35-50,90-91H2,1-8H3,(H2,92,111)(H,95,110)(H,98,115)(H,99,113)(H,100,117)(H,101,118)(H,102,122)(H,103,119)(H,104,114)(H,105,120)(H,106,121)(H,107,112)(H,108,116)(H4,93,94,96)/t55?,61-,63-,64-,65-,66-,67-,68+,69-,70-,71-,72-,74-,75-/m0/s1. The van der Waals surface area contributed by atoms with Crippen molar-refractivity contribution < 1.29 is 67.1 Å². The lowest BCUT2D eigenvalue weighted by molar-refractivity contribution is -0.143. The minimum absolute atomic E-state index is 0.00680. The van der Waals surface area contributed by atoms with Gasteiger partial charge in [-0.1, -0.05) is 171 Å². The van der Waals surface area contributed by atoms with Gasteiger partial charge in [0, 0.05) is 62.4 Å². The molecule has 0 aliphatic carbocycles. The summed E-state index contributed by atoms with van der Waals surface area (Å²) in [5.41, 5.74) is 27.0. The van der Waals surface area contributed by atoms with Crippen molar-refractivity contribution in [2.24, 2.45) is 46.6 Å². The zero-order chi connectivity index (χ0) is 89.8. The van der Waals surface area contributed by atoms with Gasteiger partial charge in [0.15, 0.2) is 5.96 Å². The summed E-state index contributed by atoms with van der Waals surface area (Å²) in [6.07, 6.45) is 2.71. The Bertz CT molecular complexity index is 4360. The first-order valence-corrected chi connectivity index (χ1v) is 43.1. The number of hydrogen-bond acceptors (Lipinski definition) is 17. The lowest BCUT2D eigenvalue weighted by atomic mass is 9.96. The number of para-hydroxylation sites is 1. The number of nitrogens with one attached hydrogen (secondary N) is 15. The fourth-order valence-corrected chi connectivity index (χ4v) is 15.0. The minimum atomic E-state index is -1.63. The van der Waals surface area contributed by atoms with E-state index in [1.54, 1.807) is 94.6 Å². The van der Waals surface area contributed by atoms with Crippen LogP contribution in [0.25, 0.3) is 10.9 Å².